The second-order valence-electron chi connectivity index (χ2n) is 5.01. The Morgan fingerprint density at radius 3 is 2.43 bits per heavy atom. The zero-order valence-corrected chi connectivity index (χ0v) is 13.1. The van der Waals surface area contributed by atoms with Gasteiger partial charge in [-0.05, 0) is 43.3 Å². The van der Waals surface area contributed by atoms with Crippen molar-refractivity contribution in [3.05, 3.63) is 64.7 Å². The predicted molar refractivity (Wildman–Crippen MR) is 90.1 cm³/mol. The minimum Gasteiger partial charge on any atom is -0.366 e. The van der Waals surface area contributed by atoms with Crippen molar-refractivity contribution in [2.75, 3.05) is 11.1 Å². The molecule has 0 unspecified atom stereocenters. The van der Waals surface area contributed by atoms with Crippen LogP contribution in [0, 0.1) is 6.92 Å². The van der Waals surface area contributed by atoms with Crippen LogP contribution in [0.2, 0.25) is 5.02 Å². The van der Waals surface area contributed by atoms with Crippen LogP contribution in [0.1, 0.15) is 15.9 Å². The number of benzene rings is 2. The molecule has 0 aliphatic carbocycles. The number of hydrogen-bond acceptors (Lipinski definition) is 5. The summed E-state index contributed by atoms with van der Waals surface area (Å²) in [6.07, 6.45) is 0. The van der Waals surface area contributed by atoms with Gasteiger partial charge in [0.25, 0.3) is 5.91 Å². The van der Waals surface area contributed by atoms with Gasteiger partial charge in [0.1, 0.15) is 0 Å². The molecular weight excluding hydrogens is 314 g/mol. The lowest BCUT2D eigenvalue weighted by molar-refractivity contribution is 0.0948. The van der Waals surface area contributed by atoms with Gasteiger partial charge in [-0.2, -0.15) is 9.67 Å². The van der Waals surface area contributed by atoms with Crippen LogP contribution in [-0.4, -0.2) is 20.7 Å². The Kier molecular flexibility index (Phi) is 3.99. The Hall–Kier alpha value is -2.86. The largest absolute Gasteiger partial charge is 0.366 e. The second kappa shape index (κ2) is 6.10. The average molecular weight is 328 g/mol. The van der Waals surface area contributed by atoms with Crippen LogP contribution < -0.4 is 11.1 Å². The van der Waals surface area contributed by atoms with Crippen molar-refractivity contribution in [1.29, 1.82) is 0 Å². The van der Waals surface area contributed by atoms with Gasteiger partial charge in [-0.25, -0.2) is 0 Å². The number of nitrogens with zero attached hydrogens (tertiary/aromatic N) is 3. The molecule has 1 heterocycles. The molecule has 3 rings (SSSR count). The quantitative estimate of drug-likeness (QED) is 0.771. The van der Waals surface area contributed by atoms with E-state index in [1.54, 1.807) is 24.3 Å². The maximum Gasteiger partial charge on any atom is 0.281 e. The minimum absolute atomic E-state index is 0.0157. The number of carbonyl (C=O) groups excluding carboxylic acids is 1. The van der Waals surface area contributed by atoms with Crippen molar-refractivity contribution in [3.8, 4) is 0 Å². The summed E-state index contributed by atoms with van der Waals surface area (Å²) >= 11 is 5.84. The molecular formula is C16H14ClN5O. The van der Waals surface area contributed by atoms with Gasteiger partial charge in [-0.1, -0.05) is 29.3 Å². The molecule has 0 amide bonds. The number of nitrogens with two attached hydrogens (primary N) is 1. The van der Waals surface area contributed by atoms with E-state index in [4.69, 9.17) is 17.3 Å². The van der Waals surface area contributed by atoms with Crippen molar-refractivity contribution in [2.45, 2.75) is 6.92 Å². The highest BCUT2D eigenvalue weighted by atomic mass is 35.5. The molecule has 0 atom stereocenters. The molecule has 116 valence electrons. The van der Waals surface area contributed by atoms with Gasteiger partial charge in [0.15, 0.2) is 0 Å². The number of aromatic nitrogens is 3. The summed E-state index contributed by atoms with van der Waals surface area (Å²) in [5.74, 6) is -0.0753. The maximum atomic E-state index is 12.6. The highest BCUT2D eigenvalue weighted by Crippen LogP contribution is 2.18. The molecule has 7 heteroatoms. The Morgan fingerprint density at radius 1 is 1.13 bits per heavy atom. The molecule has 0 radical (unpaired) electrons. The highest BCUT2D eigenvalue weighted by molar-refractivity contribution is 6.30. The van der Waals surface area contributed by atoms with Crippen LogP contribution >= 0.6 is 11.6 Å². The topological polar surface area (TPSA) is 85.8 Å². The van der Waals surface area contributed by atoms with E-state index in [2.05, 4.69) is 15.4 Å². The first-order valence-electron chi connectivity index (χ1n) is 6.89. The van der Waals surface area contributed by atoms with Gasteiger partial charge >= 0.3 is 0 Å². The molecule has 1 aromatic heterocycles. The fraction of sp³-hybridized carbons (Fsp3) is 0.0625. The Balaban J connectivity index is 1.92. The summed E-state index contributed by atoms with van der Waals surface area (Å²) in [5.41, 5.74) is 8.00. The molecule has 0 aliphatic rings. The Morgan fingerprint density at radius 2 is 1.78 bits per heavy atom. The normalized spacial score (nSPS) is 10.5. The molecule has 0 spiro atoms. The number of hydrogen-bond donors (Lipinski definition) is 2. The zero-order chi connectivity index (χ0) is 16.4. The van der Waals surface area contributed by atoms with Crippen LogP contribution in [0.15, 0.2) is 48.5 Å². The number of carbonyl (C=O) groups is 1. The first-order valence-corrected chi connectivity index (χ1v) is 7.27. The molecule has 3 N–H and O–H groups in total. The first-order chi connectivity index (χ1) is 11.0. The Labute approximate surface area is 137 Å². The smallest absolute Gasteiger partial charge is 0.281 e. The van der Waals surface area contributed by atoms with Gasteiger partial charge in [0, 0.05) is 16.3 Å². The fourth-order valence-corrected chi connectivity index (χ4v) is 2.16. The minimum atomic E-state index is -0.347. The lowest BCUT2D eigenvalue weighted by atomic mass is 10.2. The summed E-state index contributed by atoms with van der Waals surface area (Å²) in [7, 11) is 0. The lowest BCUT2D eigenvalue weighted by Crippen LogP contribution is -2.16. The summed E-state index contributed by atoms with van der Waals surface area (Å²) in [5, 5.41) is 7.56. The molecule has 23 heavy (non-hydrogen) atoms. The lowest BCUT2D eigenvalue weighted by Gasteiger charge is -2.07. The van der Waals surface area contributed by atoms with E-state index in [0.29, 0.717) is 10.6 Å². The second-order valence-corrected chi connectivity index (χ2v) is 5.44. The van der Waals surface area contributed by atoms with Crippen molar-refractivity contribution in [3.63, 3.8) is 0 Å². The van der Waals surface area contributed by atoms with E-state index >= 15 is 0 Å². The molecule has 6 nitrogen and oxygen atoms in total. The SMILES string of the molecule is Cc1ccc(Nc2nc(N)nn2C(=O)c2ccc(Cl)cc2)cc1. The predicted octanol–water partition coefficient (Wildman–Crippen LogP) is 3.25. The maximum absolute atomic E-state index is 12.6. The van der Waals surface area contributed by atoms with Crippen LogP contribution in [0.5, 0.6) is 0 Å². The zero-order valence-electron chi connectivity index (χ0n) is 12.3. The van der Waals surface area contributed by atoms with Crippen LogP contribution in [0.25, 0.3) is 0 Å². The highest BCUT2D eigenvalue weighted by Gasteiger charge is 2.17. The molecule has 0 fully saturated rings. The monoisotopic (exact) mass is 327 g/mol. The van der Waals surface area contributed by atoms with Crippen LogP contribution in [-0.2, 0) is 0 Å². The van der Waals surface area contributed by atoms with Crippen molar-refractivity contribution >= 4 is 35.1 Å². The summed E-state index contributed by atoms with van der Waals surface area (Å²) in [6, 6.07) is 14.2. The van der Waals surface area contributed by atoms with E-state index in [-0.39, 0.29) is 17.8 Å². The summed E-state index contributed by atoms with van der Waals surface area (Å²) in [4.78, 5) is 16.6. The molecule has 0 saturated heterocycles. The molecule has 0 saturated carbocycles. The van der Waals surface area contributed by atoms with Crippen LogP contribution in [0.4, 0.5) is 17.6 Å². The Bertz CT molecular complexity index is 840. The number of anilines is 3. The van der Waals surface area contributed by atoms with Gasteiger partial charge < -0.3 is 11.1 Å². The first kappa shape index (κ1) is 15.1. The van der Waals surface area contributed by atoms with E-state index < -0.39 is 0 Å². The third kappa shape index (κ3) is 3.32. The molecule has 0 aliphatic heterocycles. The third-order valence-electron chi connectivity index (χ3n) is 3.21. The average Bonchev–Trinajstić information content (AvgIpc) is 2.90. The van der Waals surface area contributed by atoms with Crippen molar-refractivity contribution < 1.29 is 4.79 Å². The van der Waals surface area contributed by atoms with Gasteiger partial charge in [-0.3, -0.25) is 4.79 Å². The van der Waals surface area contributed by atoms with Crippen molar-refractivity contribution in [1.82, 2.24) is 14.8 Å². The third-order valence-corrected chi connectivity index (χ3v) is 3.47. The number of nitrogen functional groups attached to an aromatic ring is 1. The van der Waals surface area contributed by atoms with E-state index in [1.165, 1.54) is 0 Å². The number of rotatable bonds is 3. The number of nitrogens with one attached hydrogen (secondary N) is 1. The van der Waals surface area contributed by atoms with Crippen LogP contribution in [0.3, 0.4) is 0 Å². The summed E-state index contributed by atoms with van der Waals surface area (Å²) in [6.45, 7) is 1.99. The number of aryl methyl sites for hydroxylation is 1. The molecule has 0 bridgehead atoms. The molecule has 2 aromatic carbocycles. The summed E-state index contributed by atoms with van der Waals surface area (Å²) < 4.78 is 1.14. The van der Waals surface area contributed by atoms with Gasteiger partial charge in [-0.15, -0.1) is 5.10 Å². The number of halogens is 1. The van der Waals surface area contributed by atoms with Gasteiger partial charge in [0.2, 0.25) is 11.9 Å². The molecule has 3 aromatic rings. The van der Waals surface area contributed by atoms with Gasteiger partial charge in [0.05, 0.1) is 0 Å². The van der Waals surface area contributed by atoms with E-state index in [0.717, 1.165) is 15.9 Å². The standard InChI is InChI=1S/C16H14ClN5O/c1-10-2-8-13(9-3-10)19-16-20-15(18)21-22(16)14(23)11-4-6-12(17)7-5-11/h2-9H,1H3,(H3,18,19,20,21). The fourth-order valence-electron chi connectivity index (χ4n) is 2.03. The van der Waals surface area contributed by atoms with Crippen molar-refractivity contribution in [2.24, 2.45) is 0 Å². The van der Waals surface area contributed by atoms with E-state index in [9.17, 15) is 4.79 Å². The van der Waals surface area contributed by atoms with E-state index in [1.807, 2.05) is 31.2 Å².